The van der Waals surface area contributed by atoms with Crippen molar-refractivity contribution in [2.45, 2.75) is 0 Å². The Morgan fingerprint density at radius 1 is 0.667 bits per heavy atom. The van der Waals surface area contributed by atoms with Gasteiger partial charge in [0.1, 0.15) is 0 Å². The van der Waals surface area contributed by atoms with Crippen molar-refractivity contribution >= 4 is 0 Å². The van der Waals surface area contributed by atoms with Gasteiger partial charge in [0.25, 0.3) is 0 Å². The molecule has 0 aromatic carbocycles. The van der Waals surface area contributed by atoms with Gasteiger partial charge in [-0.2, -0.15) is 0 Å². The van der Waals surface area contributed by atoms with Gasteiger partial charge in [-0.25, -0.2) is 0 Å². The number of rotatable bonds is 0. The second kappa shape index (κ2) is 0.821. The molecule has 0 amide bonds. The third-order valence-electron chi connectivity index (χ3n) is 0. The van der Waals surface area contributed by atoms with Crippen molar-refractivity contribution in [3.05, 3.63) is 0 Å². The van der Waals surface area contributed by atoms with Crippen molar-refractivity contribution in [2.75, 3.05) is 0 Å². The first-order chi connectivity index (χ1) is 2.24. The van der Waals surface area contributed by atoms with Crippen LogP contribution in [-0.4, -0.2) is 0 Å². The summed E-state index contributed by atoms with van der Waals surface area (Å²) in [6, 6.07) is 0. The second-order valence-electron chi connectivity index (χ2n) is 0.833. The van der Waals surface area contributed by atoms with Gasteiger partial charge in [-0.05, 0) is 0 Å². The van der Waals surface area contributed by atoms with E-state index in [-0.39, 0.29) is 0 Å². The van der Waals surface area contributed by atoms with Gasteiger partial charge in [-0.15, -0.1) is 0 Å². The van der Waals surface area contributed by atoms with Crippen LogP contribution in [-0.2, 0) is 11.2 Å². The van der Waals surface area contributed by atoms with Crippen LogP contribution in [0.4, 0.5) is 0 Å². The predicted octanol–water partition coefficient (Wildman–Crippen LogP) is -0.594. The van der Waals surface area contributed by atoms with Crippen LogP contribution in [0.2, 0.25) is 0 Å². The van der Waals surface area contributed by atoms with Crippen LogP contribution in [0.25, 0.3) is 0 Å². The van der Waals surface area contributed by atoms with Crippen LogP contribution in [0.1, 0.15) is 0 Å². The second-order valence-corrected chi connectivity index (χ2v) is 7.77. The zero-order valence-corrected chi connectivity index (χ0v) is 6.70. The normalized spacial score (nSPS) is 18.3. The fraction of sp³-hybridized carbons (Fsp3) is 0. The summed E-state index contributed by atoms with van der Waals surface area (Å²) in [5.41, 5.74) is 0. The zero-order valence-electron chi connectivity index (χ0n) is 2.54. The Morgan fingerprint density at radius 3 is 0.667 bits per heavy atom. The van der Waals surface area contributed by atoms with E-state index in [0.717, 1.165) is 0 Å². The molecule has 5 nitrogen and oxygen atoms in total. The maximum atomic E-state index is 8.68. The van der Waals surface area contributed by atoms with E-state index < -0.39 is 22.9 Å². The molecule has 0 N–H and O–H groups in total. The summed E-state index contributed by atoms with van der Waals surface area (Å²) in [6.45, 7) is 0. The first-order valence-electron chi connectivity index (χ1n) is 1.02. The van der Waals surface area contributed by atoms with Crippen LogP contribution >= 0.6 is 0 Å². The van der Waals surface area contributed by atoms with Crippen molar-refractivity contribution in [1.29, 1.82) is 0 Å². The molecular weight excluding hydrogens is 318 g/mol. The van der Waals surface area contributed by atoms with Crippen molar-refractivity contribution in [1.82, 2.24) is 0 Å². The van der Waals surface area contributed by atoms with Gasteiger partial charge < -0.3 is 0 Å². The summed E-state index contributed by atoms with van der Waals surface area (Å²) in [4.78, 5) is 0. The van der Waals surface area contributed by atoms with Gasteiger partial charge >= 0.3 is 34.1 Å². The molecule has 0 aromatic heterocycles. The van der Waals surface area contributed by atoms with Gasteiger partial charge in [0.05, 0.1) is 0 Å². The average Bonchev–Trinajstić information content (AvgIpc) is 0.650. The Morgan fingerprint density at radius 2 is 0.667 bits per heavy atom. The molecule has 0 radical (unpaired) electrons. The van der Waals surface area contributed by atoms with Crippen molar-refractivity contribution in [2.24, 2.45) is 0 Å². The summed E-state index contributed by atoms with van der Waals surface area (Å²) in [7, 11) is 0. The molecule has 0 unspecified atom stereocenters. The van der Waals surface area contributed by atoms with E-state index >= 15 is 0 Å². The Bertz CT molecular complexity index is 274. The topological polar surface area (TPSA) is 85.3 Å². The molecule has 0 rings (SSSR count). The van der Waals surface area contributed by atoms with E-state index in [9.17, 15) is 0 Å². The van der Waals surface area contributed by atoms with Gasteiger partial charge in [-0.3, -0.25) is 0 Å². The minimum absolute atomic E-state index is 8.15. The summed E-state index contributed by atoms with van der Waals surface area (Å²) >= 11 is -8.15. The molecule has 0 fully saturated rings. The van der Waals surface area contributed by atoms with Gasteiger partial charge in [0.2, 0.25) is 0 Å². The number of hydrogen-bond acceptors (Lipinski definition) is 5. The molecule has 0 aliphatic carbocycles. The van der Waals surface area contributed by atoms with E-state index in [1.54, 1.807) is 0 Å². The SMILES string of the molecule is [O]=[U](=[O])(=[O])(=[O])=[O]. The number of hydrogen-bond donors (Lipinski definition) is 0. The molecule has 0 aliphatic heterocycles. The molecule has 0 saturated heterocycles. The first kappa shape index (κ1) is 6.05. The molecule has 6 heteroatoms. The Kier molecular flexibility index (Phi) is 0.828. The predicted molar refractivity (Wildman–Crippen MR) is 3.43 cm³/mol. The summed E-state index contributed by atoms with van der Waals surface area (Å²) in [5, 5.41) is 0. The van der Waals surface area contributed by atoms with Crippen LogP contribution in [0.3, 0.4) is 0 Å². The van der Waals surface area contributed by atoms with E-state index in [2.05, 4.69) is 0 Å². The van der Waals surface area contributed by atoms with Crippen LogP contribution in [0.15, 0.2) is 0 Å². The van der Waals surface area contributed by atoms with Crippen LogP contribution < -0.4 is 0 Å². The standard InChI is InChI=1S/5O.U. The molecule has 0 atom stereocenters. The summed E-state index contributed by atoms with van der Waals surface area (Å²) < 4.78 is 43.4. The van der Waals surface area contributed by atoms with E-state index in [0.29, 0.717) is 0 Å². The maximum absolute atomic E-state index is 8.68. The fourth-order valence-corrected chi connectivity index (χ4v) is 0. The molecule has 6 heavy (non-hydrogen) atoms. The Hall–Kier alpha value is 0.0519. The average molecular weight is 318 g/mol. The quantitative estimate of drug-likeness (QED) is 0.596. The van der Waals surface area contributed by atoms with Crippen molar-refractivity contribution in [3.63, 3.8) is 0 Å². The minimum atomic E-state index is -8.15. The third kappa shape index (κ3) is 14000. The fourth-order valence-electron chi connectivity index (χ4n) is 0. The monoisotopic (exact) mass is 318 g/mol. The van der Waals surface area contributed by atoms with Crippen LogP contribution in [0, 0.1) is 22.9 Å². The Balaban J connectivity index is 7.45. The molecule has 0 saturated carbocycles. The van der Waals surface area contributed by atoms with Gasteiger partial charge in [-0.1, -0.05) is 0 Å². The van der Waals surface area contributed by atoms with E-state index in [1.807, 2.05) is 0 Å². The molecule has 0 aromatic rings. The van der Waals surface area contributed by atoms with Crippen molar-refractivity contribution in [3.8, 4) is 0 Å². The summed E-state index contributed by atoms with van der Waals surface area (Å²) in [5.74, 6) is 0. The van der Waals surface area contributed by atoms with Gasteiger partial charge in [0, 0.05) is 0 Å². The first-order valence-corrected chi connectivity index (χ1v) is 9.52. The van der Waals surface area contributed by atoms with E-state index in [4.69, 9.17) is 11.2 Å². The molecule has 0 heterocycles. The third-order valence-corrected chi connectivity index (χ3v) is 0. The molecule has 0 bridgehead atoms. The molecule has 0 spiro atoms. The van der Waals surface area contributed by atoms with Crippen molar-refractivity contribution < 1.29 is 34.1 Å². The van der Waals surface area contributed by atoms with Crippen LogP contribution in [0.5, 0.6) is 0 Å². The van der Waals surface area contributed by atoms with E-state index in [1.165, 1.54) is 0 Å². The zero-order chi connectivity index (χ0) is 5.45. The molecule has 0 aliphatic rings. The molecular formula is O5U. The summed E-state index contributed by atoms with van der Waals surface area (Å²) in [6.07, 6.45) is 0. The van der Waals surface area contributed by atoms with Gasteiger partial charge in [0.15, 0.2) is 0 Å². The Labute approximate surface area is 34.2 Å². The molecule has 34 valence electrons.